The van der Waals surface area contributed by atoms with E-state index < -0.39 is 107 Å². The fraction of sp³-hybridized carbons (Fsp3) is 0.447. The molecule has 1 amide bonds. The molecule has 1 heterocycles. The Kier molecular flexibility index (Phi) is 11.6. The predicted octanol–water partition coefficient (Wildman–Crippen LogP) is 4.76. The number of aliphatic hydroxyl groups excluding tert-OH is 1. The molecule has 14 heteroatoms. The first-order valence-corrected chi connectivity index (χ1v) is 20.4. The summed E-state index contributed by atoms with van der Waals surface area (Å²) in [7, 11) is 0. The fourth-order valence-corrected chi connectivity index (χ4v) is 10.2. The van der Waals surface area contributed by atoms with Gasteiger partial charge in [0.25, 0.3) is 5.91 Å². The number of aliphatic hydroxyl groups is 2. The van der Waals surface area contributed by atoms with Crippen molar-refractivity contribution in [2.45, 2.75) is 109 Å². The molecular formula is C47H51NO13. The van der Waals surface area contributed by atoms with Gasteiger partial charge in [-0.15, -0.1) is 0 Å². The molecule has 0 aromatic heterocycles. The monoisotopic (exact) mass is 837 g/mol. The van der Waals surface area contributed by atoms with E-state index >= 15 is 4.79 Å². The van der Waals surface area contributed by atoms with Crippen molar-refractivity contribution in [1.29, 1.82) is 0 Å². The Hall–Kier alpha value is -5.70. The minimum absolute atomic E-state index is 0.0809. The molecule has 0 unspecified atom stereocenters. The van der Waals surface area contributed by atoms with Gasteiger partial charge in [-0.25, -0.2) is 4.79 Å². The first kappa shape index (κ1) is 43.4. The van der Waals surface area contributed by atoms with Crippen molar-refractivity contribution in [1.82, 2.24) is 5.32 Å². The Labute approximate surface area is 353 Å². The van der Waals surface area contributed by atoms with Gasteiger partial charge in [0.15, 0.2) is 17.5 Å². The largest absolute Gasteiger partial charge is 0.458 e. The summed E-state index contributed by atoms with van der Waals surface area (Å²) in [5, 5.41) is 28.6. The average molecular weight is 838 g/mol. The van der Waals surface area contributed by atoms with Crippen LogP contribution in [0.4, 0.5) is 0 Å². The van der Waals surface area contributed by atoms with Crippen LogP contribution in [0.2, 0.25) is 0 Å². The van der Waals surface area contributed by atoms with Crippen molar-refractivity contribution < 1.29 is 62.7 Å². The number of ketones is 1. The number of hydrogen-bond acceptors (Lipinski definition) is 13. The molecule has 0 spiro atoms. The highest BCUT2D eigenvalue weighted by molar-refractivity contribution is 5.96. The van der Waals surface area contributed by atoms with E-state index in [1.54, 1.807) is 99.6 Å². The molecule has 2 saturated carbocycles. The zero-order valence-corrected chi connectivity index (χ0v) is 34.9. The Morgan fingerprint density at radius 1 is 0.836 bits per heavy atom. The highest BCUT2D eigenvalue weighted by Crippen LogP contribution is 2.64. The van der Waals surface area contributed by atoms with Crippen LogP contribution in [0.1, 0.15) is 93.1 Å². The van der Waals surface area contributed by atoms with Crippen LogP contribution in [-0.2, 0) is 42.9 Å². The van der Waals surface area contributed by atoms with Gasteiger partial charge >= 0.3 is 23.9 Å². The number of ether oxygens (including phenoxy) is 5. The lowest BCUT2D eigenvalue weighted by atomic mass is 9.44. The molecule has 2 bridgehead atoms. The SMILES string of the molecule is CC(=O)O[C@H]1C(=O)[C@@]2(C)[C@H]([C@H](OC(=O)c3ccccc3)[C@]3(O)C[C@H](OC(=O)C[C@H](NC(=O)c4ccccc4)c4ccccc4)C(C)=C1C3(C)C)[C@]1(OC(C)=O)CO[C@@H]1C[C@@H]2O. The number of carbonyl (C=O) groups excluding carboxylic acids is 6. The maximum atomic E-state index is 15.5. The van der Waals surface area contributed by atoms with E-state index in [4.69, 9.17) is 23.7 Å². The van der Waals surface area contributed by atoms with Gasteiger partial charge in [0.05, 0.1) is 42.1 Å². The average Bonchev–Trinajstić information content (AvgIpc) is 3.22. The van der Waals surface area contributed by atoms with Gasteiger partial charge in [-0.05, 0) is 54.8 Å². The maximum Gasteiger partial charge on any atom is 0.338 e. The Balaban J connectivity index is 1.37. The molecule has 1 aliphatic heterocycles. The van der Waals surface area contributed by atoms with E-state index in [-0.39, 0.29) is 36.2 Å². The van der Waals surface area contributed by atoms with E-state index in [9.17, 15) is 34.2 Å². The van der Waals surface area contributed by atoms with Gasteiger partial charge in [-0.2, -0.15) is 0 Å². The maximum absolute atomic E-state index is 15.5. The third-order valence-electron chi connectivity index (χ3n) is 13.4. The normalized spacial score (nSPS) is 31.6. The standard InChI is InChI=1S/C47H51NO13/c1-26-33(59-36(52)22-32(29-16-10-7-11-17-29)48-42(54)30-18-12-8-13-19-30)24-47(56)41(60-43(55)31-20-14-9-15-21-31)39-45(6,34(51)23-35-46(39,25-57-35)61-28(3)50)40(53)38(58-27(2)49)37(26)44(47,4)5/h7-21,32-35,38-39,41,51,56H,22-25H2,1-6H3,(H,48,54)/t32-,33-,34-,35+,38+,39-,41-,45+,46-,47+/m0/s1. The number of carbonyl (C=O) groups is 6. The number of benzene rings is 3. The van der Waals surface area contributed by atoms with Crippen LogP contribution in [0.15, 0.2) is 102 Å². The van der Waals surface area contributed by atoms with Gasteiger partial charge in [-0.3, -0.25) is 24.0 Å². The highest BCUT2D eigenvalue weighted by Gasteiger charge is 2.78. The summed E-state index contributed by atoms with van der Waals surface area (Å²) in [6.45, 7) is 8.27. The Bertz CT molecular complexity index is 2240. The summed E-state index contributed by atoms with van der Waals surface area (Å²) in [6.07, 6.45) is -8.30. The number of esters is 4. The molecule has 3 aromatic rings. The van der Waals surface area contributed by atoms with E-state index in [0.29, 0.717) is 11.1 Å². The number of fused-ring (bicyclic) bond motifs is 5. The smallest absolute Gasteiger partial charge is 0.338 e. The summed E-state index contributed by atoms with van der Waals surface area (Å²) >= 11 is 0. The van der Waals surface area contributed by atoms with Gasteiger partial charge in [-0.1, -0.05) is 80.6 Å². The number of hydrogen-bond donors (Lipinski definition) is 3. The van der Waals surface area contributed by atoms with Crippen molar-refractivity contribution in [3.63, 3.8) is 0 Å². The third-order valence-corrected chi connectivity index (χ3v) is 13.4. The van der Waals surface area contributed by atoms with Crippen molar-refractivity contribution in [2.75, 3.05) is 6.61 Å². The summed E-state index contributed by atoms with van der Waals surface area (Å²) in [5.41, 5.74) is -6.17. The van der Waals surface area contributed by atoms with Crippen molar-refractivity contribution >= 4 is 35.6 Å². The molecule has 0 radical (unpaired) electrons. The van der Waals surface area contributed by atoms with Gasteiger partial charge in [0.2, 0.25) is 0 Å². The zero-order valence-electron chi connectivity index (χ0n) is 34.9. The van der Waals surface area contributed by atoms with Gasteiger partial charge in [0, 0.05) is 37.7 Å². The third kappa shape index (κ3) is 7.44. The molecule has 322 valence electrons. The van der Waals surface area contributed by atoms with Gasteiger partial charge < -0.3 is 39.2 Å². The second kappa shape index (κ2) is 16.3. The quantitative estimate of drug-likeness (QED) is 0.144. The molecule has 3 fully saturated rings. The van der Waals surface area contributed by atoms with Crippen LogP contribution in [0, 0.1) is 16.7 Å². The number of rotatable bonds is 10. The number of amides is 1. The number of Topliss-reactive ketones (excluding diaryl/α,β-unsaturated/α-hetero) is 1. The van der Waals surface area contributed by atoms with Crippen molar-refractivity contribution in [3.8, 4) is 0 Å². The molecule has 3 aromatic carbocycles. The van der Waals surface area contributed by atoms with E-state index in [0.717, 1.165) is 6.92 Å². The van der Waals surface area contributed by atoms with E-state index in [1.807, 2.05) is 0 Å². The summed E-state index contributed by atoms with van der Waals surface area (Å²) in [5.74, 6) is -6.02. The molecule has 1 saturated heterocycles. The van der Waals surface area contributed by atoms with E-state index in [1.165, 1.54) is 26.0 Å². The molecule has 3 N–H and O–H groups in total. The second-order valence-electron chi connectivity index (χ2n) is 17.2. The molecule has 7 rings (SSSR count). The lowest BCUT2D eigenvalue weighted by Crippen LogP contribution is -2.82. The predicted molar refractivity (Wildman–Crippen MR) is 216 cm³/mol. The summed E-state index contributed by atoms with van der Waals surface area (Å²) in [6, 6.07) is 24.4. The van der Waals surface area contributed by atoms with E-state index in [2.05, 4.69) is 5.32 Å². The lowest BCUT2D eigenvalue weighted by Gasteiger charge is -2.67. The molecule has 61 heavy (non-hydrogen) atoms. The zero-order chi connectivity index (χ0) is 44.1. The first-order chi connectivity index (χ1) is 28.8. The molecular weight excluding hydrogens is 787 g/mol. The Morgan fingerprint density at radius 2 is 1.43 bits per heavy atom. The highest BCUT2D eigenvalue weighted by atomic mass is 16.6. The first-order valence-electron chi connectivity index (χ1n) is 20.4. The van der Waals surface area contributed by atoms with Crippen LogP contribution in [0.3, 0.4) is 0 Å². The van der Waals surface area contributed by atoms with Crippen molar-refractivity contribution in [3.05, 3.63) is 119 Å². The van der Waals surface area contributed by atoms with Crippen LogP contribution < -0.4 is 5.32 Å². The molecule has 10 atom stereocenters. The molecule has 14 nitrogen and oxygen atoms in total. The Morgan fingerprint density at radius 3 is 1.98 bits per heavy atom. The molecule has 4 aliphatic rings. The van der Waals surface area contributed by atoms with Crippen LogP contribution in [-0.4, -0.2) is 94.1 Å². The lowest BCUT2D eigenvalue weighted by molar-refractivity contribution is -0.346. The number of nitrogens with one attached hydrogen (secondary N) is 1. The summed E-state index contributed by atoms with van der Waals surface area (Å²) < 4.78 is 30.5. The van der Waals surface area contributed by atoms with Crippen LogP contribution in [0.5, 0.6) is 0 Å². The topological polar surface area (TPSA) is 201 Å². The van der Waals surface area contributed by atoms with Gasteiger partial charge in [0.1, 0.15) is 23.9 Å². The van der Waals surface area contributed by atoms with Crippen LogP contribution in [0.25, 0.3) is 0 Å². The van der Waals surface area contributed by atoms with Crippen LogP contribution >= 0.6 is 0 Å². The van der Waals surface area contributed by atoms with Crippen molar-refractivity contribution in [2.24, 2.45) is 16.7 Å². The second-order valence-corrected chi connectivity index (χ2v) is 17.2. The molecule has 3 aliphatic carbocycles. The minimum atomic E-state index is -2.30. The minimum Gasteiger partial charge on any atom is -0.458 e. The summed E-state index contributed by atoms with van der Waals surface area (Å²) in [4.78, 5) is 83.3. The fourth-order valence-electron chi connectivity index (χ4n) is 10.2.